The average molecular weight is 1050 g/mol. The summed E-state index contributed by atoms with van der Waals surface area (Å²) >= 11 is 0. The van der Waals surface area contributed by atoms with Crippen molar-refractivity contribution < 1.29 is 63.2 Å². The lowest BCUT2D eigenvalue weighted by Crippen LogP contribution is -2.59. The van der Waals surface area contributed by atoms with Gasteiger partial charge in [0, 0.05) is 69.5 Å². The largest absolute Gasteiger partial charge is 0.459 e. The molecule has 1 aromatic carbocycles. The number of aliphatic hydroxyl groups excluding tert-OH is 3. The molecule has 3 saturated heterocycles. The van der Waals surface area contributed by atoms with E-state index in [0.29, 0.717) is 45.2 Å². The van der Waals surface area contributed by atoms with Crippen molar-refractivity contribution in [1.29, 1.82) is 0 Å². The van der Waals surface area contributed by atoms with E-state index in [1.807, 2.05) is 64.0 Å². The van der Waals surface area contributed by atoms with Gasteiger partial charge in [-0.05, 0) is 118 Å². The minimum absolute atomic E-state index is 0.0186. The summed E-state index contributed by atoms with van der Waals surface area (Å²) in [5, 5.41) is 57.3. The molecule has 5 unspecified atom stereocenters. The second-order valence-corrected chi connectivity index (χ2v) is 21.9. The number of nitrogens with two attached hydrogens (primary N) is 1. The Balaban J connectivity index is 0.000000386. The summed E-state index contributed by atoms with van der Waals surface area (Å²) < 4.78 is 42.9. The van der Waals surface area contributed by atoms with E-state index < -0.39 is 90.5 Å². The van der Waals surface area contributed by atoms with Gasteiger partial charge in [0.2, 0.25) is 11.9 Å². The molecule has 0 radical (unpaired) electrons. The lowest BCUT2D eigenvalue weighted by atomic mass is 9.80. The minimum atomic E-state index is -1.70. The van der Waals surface area contributed by atoms with E-state index in [9.17, 15) is 39.5 Å². The van der Waals surface area contributed by atoms with Gasteiger partial charge in [0.15, 0.2) is 12.6 Å². The van der Waals surface area contributed by atoms with Gasteiger partial charge in [0.05, 0.1) is 41.5 Å². The molecule has 0 bridgehead atoms. The molecule has 5 rings (SSSR count). The number of carbonyl (C=O) groups excluding carboxylic acids is 2. The number of cyclic esters (lactones) is 1. The van der Waals surface area contributed by atoms with Crippen LogP contribution < -0.4 is 11.1 Å². The van der Waals surface area contributed by atoms with Crippen LogP contribution in [0.2, 0.25) is 0 Å². The van der Waals surface area contributed by atoms with E-state index in [-0.39, 0.29) is 48.7 Å². The maximum absolute atomic E-state index is 13.6. The van der Waals surface area contributed by atoms with Crippen LogP contribution in [-0.2, 0) is 39.7 Å². The highest BCUT2D eigenvalue weighted by atomic mass is 19.1. The van der Waals surface area contributed by atoms with E-state index >= 15 is 0 Å². The maximum atomic E-state index is 13.6. The SMILES string of the molecule is C#C.CC[C@H]1OC(=O)[C@H](C)[C@@H](O[C@H]2C[C@@](C)(OC)[C@@H](O)C(C)O2)[C@H](C)C[C@](C)(O)C[C@@H](C)CN(C)[C@H](C)C(O)[C@]1(C)O.C[C@@H]1CC(N(C)CCC(=O)NC(CF)Cc2ccc(-c3cnc(N)nc3)cc2)CC(O)O1. The molecule has 1 aromatic heterocycles. The van der Waals surface area contributed by atoms with Crippen LogP contribution >= 0.6 is 0 Å². The summed E-state index contributed by atoms with van der Waals surface area (Å²) in [6.07, 6.45) is 8.90. The Bertz CT molecular complexity index is 2010. The highest BCUT2D eigenvalue weighted by Gasteiger charge is 2.49. The number of nitrogen functional groups attached to an aromatic ring is 1. The minimum Gasteiger partial charge on any atom is -0.459 e. The zero-order chi connectivity index (χ0) is 55.9. The van der Waals surface area contributed by atoms with Crippen molar-refractivity contribution in [3.8, 4) is 24.0 Å². The van der Waals surface area contributed by atoms with Crippen molar-refractivity contribution in [2.75, 3.05) is 46.7 Å². The first-order chi connectivity index (χ1) is 34.6. The van der Waals surface area contributed by atoms with Crippen LogP contribution in [0.4, 0.5) is 10.3 Å². The van der Waals surface area contributed by atoms with E-state index in [0.717, 1.165) is 23.1 Å². The van der Waals surface area contributed by atoms with Crippen molar-refractivity contribution >= 4 is 17.8 Å². The Kier molecular flexibility index (Phi) is 25.2. The molecular weight excluding hydrogens is 956 g/mol. The van der Waals surface area contributed by atoms with Gasteiger partial charge in [-0.2, -0.15) is 0 Å². The number of methoxy groups -OCH3 is 1. The third-order valence-corrected chi connectivity index (χ3v) is 15.2. The molecule has 1 amide bonds. The molecule has 19 heteroatoms. The smallest absolute Gasteiger partial charge is 0.311 e. The second kappa shape index (κ2) is 29.0. The van der Waals surface area contributed by atoms with E-state index in [1.165, 1.54) is 14.0 Å². The Morgan fingerprint density at radius 3 is 2.16 bits per heavy atom. The van der Waals surface area contributed by atoms with Crippen LogP contribution in [0.1, 0.15) is 120 Å². The Morgan fingerprint density at radius 2 is 1.59 bits per heavy atom. The second-order valence-electron chi connectivity index (χ2n) is 21.9. The molecule has 8 N–H and O–H groups in total. The highest BCUT2D eigenvalue weighted by Crippen LogP contribution is 2.38. The predicted octanol–water partition coefficient (Wildman–Crippen LogP) is 4.66. The third-order valence-electron chi connectivity index (χ3n) is 15.2. The standard InChI is InChI=1S/C30H57NO9.C23H32FN5O3.C2H2/c1-12-22-30(9,36)25(32)20(5)31(10)16-17(2)13-28(7,35)14-18(3)24(19(4)27(34)39-22)40-23-15-29(8,37-11)26(33)21(6)38-23;1-15-9-20(11-22(31)32-15)29(2)8-7-21(30)28-19(12-24)10-16-3-5-17(6-4-16)18-13-26-23(25)27-14-18;1-2/h17-26,32-33,35-36H,12-16H2,1-11H3;3-6,13-15,19-20,22,31H,7-12H2,1-2H3,(H,28,30)(H2,25,26,27);1-2H/t17-,18-,19-,20-,21?,22-,23+,24+,25?,26+,28-,29-,30-;15-,19?,20?,22?;/m11./s1. The number of benzene rings is 1. The van der Waals surface area contributed by atoms with Gasteiger partial charge in [0.25, 0.3) is 0 Å². The van der Waals surface area contributed by atoms with Crippen molar-refractivity contribution in [3.63, 3.8) is 0 Å². The van der Waals surface area contributed by atoms with Crippen molar-refractivity contribution in [2.24, 2.45) is 17.8 Å². The molecule has 2 aromatic rings. The highest BCUT2D eigenvalue weighted by molar-refractivity contribution is 5.76. The zero-order valence-corrected chi connectivity index (χ0v) is 46.3. The summed E-state index contributed by atoms with van der Waals surface area (Å²) in [6.45, 7) is 18.6. The third kappa shape index (κ3) is 18.4. The molecule has 0 spiro atoms. The monoisotopic (exact) mass is 1050 g/mol. The number of ether oxygens (including phenoxy) is 5. The topological polar surface area (TPSA) is 252 Å². The summed E-state index contributed by atoms with van der Waals surface area (Å²) in [5.74, 6) is -1.51. The van der Waals surface area contributed by atoms with Crippen molar-refractivity contribution in [2.45, 2.75) is 205 Å². The van der Waals surface area contributed by atoms with Crippen LogP contribution in [0, 0.1) is 30.6 Å². The van der Waals surface area contributed by atoms with E-state index in [1.54, 1.807) is 47.0 Å². The summed E-state index contributed by atoms with van der Waals surface area (Å²) in [7, 11) is 5.35. The number of aliphatic hydroxyl groups is 5. The lowest BCUT2D eigenvalue weighted by molar-refractivity contribution is -0.296. The van der Waals surface area contributed by atoms with Gasteiger partial charge in [-0.3, -0.25) is 9.59 Å². The summed E-state index contributed by atoms with van der Waals surface area (Å²) in [5.41, 5.74) is 4.56. The fourth-order valence-electron chi connectivity index (χ4n) is 10.8. The Labute approximate surface area is 440 Å². The first-order valence-corrected chi connectivity index (χ1v) is 26.1. The molecule has 3 fully saturated rings. The number of rotatable bonds is 13. The number of alkyl halides is 1. The van der Waals surface area contributed by atoms with Gasteiger partial charge in [-0.1, -0.05) is 45.0 Å². The number of nitrogens with zero attached hydrogens (tertiary/aromatic N) is 4. The van der Waals surface area contributed by atoms with Gasteiger partial charge in [-0.25, -0.2) is 14.4 Å². The quantitative estimate of drug-likeness (QED) is 0.106. The zero-order valence-electron chi connectivity index (χ0n) is 46.3. The maximum Gasteiger partial charge on any atom is 0.311 e. The number of hydrogen-bond acceptors (Lipinski definition) is 17. The molecule has 17 atom stereocenters. The van der Waals surface area contributed by atoms with Gasteiger partial charge >= 0.3 is 5.97 Å². The molecule has 4 heterocycles. The number of esters is 1. The fraction of sp³-hybridized carbons (Fsp3) is 0.745. The van der Waals surface area contributed by atoms with Crippen LogP contribution in [0.3, 0.4) is 0 Å². The Morgan fingerprint density at radius 1 is 0.973 bits per heavy atom. The number of anilines is 1. The summed E-state index contributed by atoms with van der Waals surface area (Å²) in [6, 6.07) is 6.80. The predicted molar refractivity (Wildman–Crippen MR) is 282 cm³/mol. The number of likely N-dealkylation sites (N-methyl/N-ethyl adjacent to an activating group) is 1. The van der Waals surface area contributed by atoms with Crippen LogP contribution in [-0.4, -0.2) is 182 Å². The normalized spacial score (nSPS) is 36.1. The molecule has 0 saturated carbocycles. The number of carbonyl (C=O) groups is 2. The van der Waals surface area contributed by atoms with Crippen molar-refractivity contribution in [3.05, 3.63) is 42.2 Å². The van der Waals surface area contributed by atoms with E-state index in [2.05, 4.69) is 40.0 Å². The van der Waals surface area contributed by atoms with Crippen molar-refractivity contribution in [1.82, 2.24) is 25.1 Å². The molecule has 18 nitrogen and oxygen atoms in total. The molecule has 0 aliphatic carbocycles. The number of aromatic nitrogens is 2. The van der Waals surface area contributed by atoms with Gasteiger partial charge in [0.1, 0.15) is 30.6 Å². The van der Waals surface area contributed by atoms with Crippen LogP contribution in [0.5, 0.6) is 0 Å². The molecule has 74 heavy (non-hydrogen) atoms. The van der Waals surface area contributed by atoms with E-state index in [4.69, 9.17) is 29.4 Å². The first kappa shape index (κ1) is 64.4. The molecule has 3 aliphatic heterocycles. The number of amides is 1. The van der Waals surface area contributed by atoms with Crippen LogP contribution in [0.25, 0.3) is 11.1 Å². The Hall–Kier alpha value is -3.91. The van der Waals surface area contributed by atoms with Gasteiger partial charge in [-0.15, -0.1) is 12.8 Å². The van der Waals surface area contributed by atoms with Gasteiger partial charge < -0.3 is 70.1 Å². The number of nitrogens with one attached hydrogen (secondary N) is 1. The number of hydrogen-bond donors (Lipinski definition) is 7. The lowest BCUT2D eigenvalue weighted by Gasteiger charge is -2.46. The molecular formula is C55H91FN6O12. The number of terminal acetylenes is 1. The fourth-order valence-corrected chi connectivity index (χ4v) is 10.8. The molecule has 420 valence electrons. The first-order valence-electron chi connectivity index (χ1n) is 26.1. The number of halogens is 1. The van der Waals surface area contributed by atoms with Crippen LogP contribution in [0.15, 0.2) is 36.7 Å². The average Bonchev–Trinajstić information content (AvgIpc) is 3.34. The molecule has 3 aliphatic rings. The summed E-state index contributed by atoms with van der Waals surface area (Å²) in [4.78, 5) is 38.0.